The Morgan fingerprint density at radius 1 is 1.15 bits per heavy atom. The van der Waals surface area contributed by atoms with E-state index in [1.807, 2.05) is 13.8 Å². The normalized spacial score (nSPS) is 13.3. The van der Waals surface area contributed by atoms with E-state index in [1.54, 1.807) is 30.3 Å². The maximum atomic E-state index is 12.6. The van der Waals surface area contributed by atoms with Gasteiger partial charge in [0.15, 0.2) is 17.3 Å². The van der Waals surface area contributed by atoms with E-state index < -0.39 is 10.0 Å². The van der Waals surface area contributed by atoms with Crippen LogP contribution in [0.4, 0.5) is 0 Å². The Kier molecular flexibility index (Phi) is 4.22. The molecule has 0 unspecified atom stereocenters. The molecule has 1 N–H and O–H groups in total. The Hall–Kier alpha value is -2.36. The van der Waals surface area contributed by atoms with Gasteiger partial charge in [0.2, 0.25) is 16.8 Å². The maximum Gasteiger partial charge on any atom is 0.250 e. The minimum Gasteiger partial charge on any atom is -0.454 e. The molecule has 7 nitrogen and oxygen atoms in total. The van der Waals surface area contributed by atoms with Crippen LogP contribution in [0, 0.1) is 13.8 Å². The van der Waals surface area contributed by atoms with Crippen molar-refractivity contribution in [2.45, 2.75) is 24.6 Å². The third-order valence-electron chi connectivity index (χ3n) is 4.13. The zero-order valence-corrected chi connectivity index (χ0v) is 15.7. The number of ether oxygens (including phenoxy) is 2. The first-order chi connectivity index (χ1) is 12.4. The monoisotopic (exact) mass is 392 g/mol. The maximum absolute atomic E-state index is 12.6. The summed E-state index contributed by atoms with van der Waals surface area (Å²) in [6.45, 7) is 4.09. The van der Waals surface area contributed by atoms with Crippen LogP contribution in [-0.4, -0.2) is 20.4 Å². The molecule has 2 aromatic heterocycles. The molecule has 0 spiro atoms. The average Bonchev–Trinajstić information content (AvgIpc) is 3.34. The number of rotatable bonds is 5. The molecule has 1 aromatic carbocycles. The van der Waals surface area contributed by atoms with Crippen molar-refractivity contribution in [1.29, 1.82) is 0 Å². The van der Waals surface area contributed by atoms with Crippen molar-refractivity contribution in [2.75, 3.05) is 6.79 Å². The third-order valence-corrected chi connectivity index (χ3v) is 7.11. The molecule has 136 valence electrons. The highest BCUT2D eigenvalue weighted by Gasteiger charge is 2.21. The first kappa shape index (κ1) is 17.1. The van der Waals surface area contributed by atoms with E-state index in [2.05, 4.69) is 9.88 Å². The van der Waals surface area contributed by atoms with Crippen molar-refractivity contribution in [3.8, 4) is 22.1 Å². The molecule has 0 amide bonds. The summed E-state index contributed by atoms with van der Waals surface area (Å²) in [6, 6.07) is 8.64. The molecule has 0 saturated carbocycles. The van der Waals surface area contributed by atoms with E-state index in [-0.39, 0.29) is 17.5 Å². The van der Waals surface area contributed by atoms with Crippen LogP contribution in [0.2, 0.25) is 0 Å². The number of nitrogens with one attached hydrogen (secondary N) is 1. The lowest BCUT2D eigenvalue weighted by Gasteiger charge is -2.06. The minimum absolute atomic E-state index is 0.159. The standard InChI is InChI=1S/C17H16N2O5S2/c1-10-11(2)19-24-17(10)15-5-6-16(25-15)26(20,21)18-8-12-3-4-13-14(7-12)23-9-22-13/h3-7,18H,8-9H2,1-2H3. The van der Waals surface area contributed by atoms with E-state index in [9.17, 15) is 8.42 Å². The number of thiophene rings is 1. The van der Waals surface area contributed by atoms with Crippen molar-refractivity contribution < 1.29 is 22.4 Å². The summed E-state index contributed by atoms with van der Waals surface area (Å²) in [5.41, 5.74) is 2.49. The first-order valence-electron chi connectivity index (χ1n) is 7.85. The average molecular weight is 392 g/mol. The van der Waals surface area contributed by atoms with Gasteiger partial charge in [0, 0.05) is 12.1 Å². The Labute approximate surface area is 154 Å². The zero-order valence-electron chi connectivity index (χ0n) is 14.1. The van der Waals surface area contributed by atoms with Crippen LogP contribution in [0.15, 0.2) is 39.1 Å². The summed E-state index contributed by atoms with van der Waals surface area (Å²) in [5, 5.41) is 3.91. The molecule has 3 aromatic rings. The third kappa shape index (κ3) is 3.09. The lowest BCUT2D eigenvalue weighted by Crippen LogP contribution is -2.22. The van der Waals surface area contributed by atoms with Crippen LogP contribution in [0.25, 0.3) is 10.6 Å². The van der Waals surface area contributed by atoms with E-state index in [0.29, 0.717) is 17.3 Å². The topological polar surface area (TPSA) is 90.7 Å². The summed E-state index contributed by atoms with van der Waals surface area (Å²) >= 11 is 1.15. The highest BCUT2D eigenvalue weighted by Crippen LogP contribution is 2.34. The Bertz CT molecular complexity index is 1070. The minimum atomic E-state index is -3.63. The summed E-state index contributed by atoms with van der Waals surface area (Å²) in [5.74, 6) is 1.89. The van der Waals surface area contributed by atoms with Gasteiger partial charge in [-0.25, -0.2) is 13.1 Å². The van der Waals surface area contributed by atoms with Crippen molar-refractivity contribution in [1.82, 2.24) is 9.88 Å². The molecule has 3 heterocycles. The molecule has 1 aliphatic heterocycles. The zero-order chi connectivity index (χ0) is 18.3. The smallest absolute Gasteiger partial charge is 0.250 e. The number of sulfonamides is 1. The molecule has 0 saturated heterocycles. The van der Waals surface area contributed by atoms with Gasteiger partial charge in [-0.2, -0.15) is 0 Å². The van der Waals surface area contributed by atoms with Crippen LogP contribution in [-0.2, 0) is 16.6 Å². The number of aromatic nitrogens is 1. The van der Waals surface area contributed by atoms with Gasteiger partial charge in [-0.1, -0.05) is 11.2 Å². The quantitative estimate of drug-likeness (QED) is 0.717. The van der Waals surface area contributed by atoms with Gasteiger partial charge >= 0.3 is 0 Å². The van der Waals surface area contributed by atoms with Crippen molar-refractivity contribution in [2.24, 2.45) is 0 Å². The van der Waals surface area contributed by atoms with Crippen LogP contribution in [0.5, 0.6) is 11.5 Å². The van der Waals surface area contributed by atoms with E-state index in [0.717, 1.165) is 33.0 Å². The summed E-state index contributed by atoms with van der Waals surface area (Å²) in [4.78, 5) is 0.728. The Morgan fingerprint density at radius 2 is 1.96 bits per heavy atom. The van der Waals surface area contributed by atoms with Gasteiger partial charge in [0.1, 0.15) is 4.21 Å². The second-order valence-corrected chi connectivity index (χ2v) is 8.93. The van der Waals surface area contributed by atoms with Gasteiger partial charge in [0.25, 0.3) is 0 Å². The molecule has 0 atom stereocenters. The predicted octanol–water partition coefficient (Wildman–Crippen LogP) is 3.23. The van der Waals surface area contributed by atoms with Gasteiger partial charge in [-0.15, -0.1) is 11.3 Å². The van der Waals surface area contributed by atoms with Gasteiger partial charge < -0.3 is 14.0 Å². The number of aryl methyl sites for hydroxylation is 1. The first-order valence-corrected chi connectivity index (χ1v) is 10.2. The molecule has 0 aliphatic carbocycles. The second kappa shape index (κ2) is 6.42. The van der Waals surface area contributed by atoms with E-state index >= 15 is 0 Å². The molecule has 0 radical (unpaired) electrons. The Balaban J connectivity index is 1.51. The lowest BCUT2D eigenvalue weighted by molar-refractivity contribution is 0.174. The van der Waals surface area contributed by atoms with E-state index in [1.165, 1.54) is 0 Å². The van der Waals surface area contributed by atoms with Gasteiger partial charge in [0.05, 0.1) is 10.6 Å². The summed E-state index contributed by atoms with van der Waals surface area (Å²) in [6.07, 6.45) is 0. The molecule has 26 heavy (non-hydrogen) atoms. The van der Waals surface area contributed by atoms with Crippen molar-refractivity contribution in [3.63, 3.8) is 0 Å². The number of hydrogen-bond donors (Lipinski definition) is 1. The highest BCUT2D eigenvalue weighted by atomic mass is 32.2. The van der Waals surface area contributed by atoms with Gasteiger partial charge in [-0.3, -0.25) is 0 Å². The molecule has 1 aliphatic rings. The second-order valence-electron chi connectivity index (χ2n) is 5.85. The largest absolute Gasteiger partial charge is 0.454 e. The molecule has 0 fully saturated rings. The molecular weight excluding hydrogens is 376 g/mol. The van der Waals surface area contributed by atoms with Crippen molar-refractivity contribution >= 4 is 21.4 Å². The fourth-order valence-electron chi connectivity index (χ4n) is 2.53. The fourth-order valence-corrected chi connectivity index (χ4v) is 4.94. The molecular formula is C17H16N2O5S2. The summed E-state index contributed by atoms with van der Waals surface area (Å²) in [7, 11) is -3.63. The number of hydrogen-bond acceptors (Lipinski definition) is 7. The van der Waals surface area contributed by atoms with Crippen LogP contribution >= 0.6 is 11.3 Å². The van der Waals surface area contributed by atoms with Crippen molar-refractivity contribution in [3.05, 3.63) is 47.2 Å². The van der Waals surface area contributed by atoms with Crippen LogP contribution < -0.4 is 14.2 Å². The molecule has 4 rings (SSSR count). The number of benzene rings is 1. The van der Waals surface area contributed by atoms with E-state index in [4.69, 9.17) is 14.0 Å². The van der Waals surface area contributed by atoms with Crippen LogP contribution in [0.3, 0.4) is 0 Å². The number of fused-ring (bicyclic) bond motifs is 1. The fraction of sp³-hybridized carbons (Fsp3) is 0.235. The number of nitrogens with zero attached hydrogens (tertiary/aromatic N) is 1. The lowest BCUT2D eigenvalue weighted by atomic mass is 10.2. The Morgan fingerprint density at radius 3 is 2.73 bits per heavy atom. The molecule has 9 heteroatoms. The van der Waals surface area contributed by atoms with Gasteiger partial charge in [-0.05, 0) is 43.7 Å². The predicted molar refractivity (Wildman–Crippen MR) is 95.9 cm³/mol. The van der Waals surface area contributed by atoms with Crippen LogP contribution in [0.1, 0.15) is 16.8 Å². The summed E-state index contributed by atoms with van der Waals surface area (Å²) < 4.78 is 43.8. The highest BCUT2D eigenvalue weighted by molar-refractivity contribution is 7.91. The SMILES string of the molecule is Cc1noc(-c2ccc(S(=O)(=O)NCc3ccc4c(c3)OCO4)s2)c1C. The molecule has 0 bridgehead atoms.